The molecule has 0 spiro atoms. The molecule has 6 aromatic carbocycles. The summed E-state index contributed by atoms with van der Waals surface area (Å²) >= 11 is 0. The largest absolute Gasteiger partial charge is 0.368 e. The van der Waals surface area contributed by atoms with E-state index >= 15 is 0 Å². The van der Waals surface area contributed by atoms with Gasteiger partial charge in [-0.3, -0.25) is 0 Å². The topological polar surface area (TPSA) is 162 Å². The molecule has 0 bridgehead atoms. The van der Waals surface area contributed by atoms with E-state index in [9.17, 15) is 0 Å². The van der Waals surface area contributed by atoms with Gasteiger partial charge in [-0.1, -0.05) is 109 Å². The molecule has 0 aliphatic carbocycles. The summed E-state index contributed by atoms with van der Waals surface area (Å²) in [7, 11) is -1.75. The first-order valence-electron chi connectivity index (χ1n) is 17.3. The summed E-state index contributed by atoms with van der Waals surface area (Å²) in [5.41, 5.74) is 0. The van der Waals surface area contributed by atoms with Crippen LogP contribution in [0.2, 0.25) is 0 Å². The van der Waals surface area contributed by atoms with Crippen LogP contribution in [0.5, 0.6) is 0 Å². The fourth-order valence-electron chi connectivity index (χ4n) is 4.63. The van der Waals surface area contributed by atoms with Crippen molar-refractivity contribution < 1.29 is 79.8 Å². The van der Waals surface area contributed by atoms with E-state index in [1.54, 1.807) is 0 Å². The van der Waals surface area contributed by atoms with Gasteiger partial charge in [-0.05, 0) is 100 Å². The van der Waals surface area contributed by atoms with Crippen LogP contribution in [-0.2, 0) is 39.0 Å². The fraction of sp³-hybridized carbons (Fsp3) is 0.182. The minimum Gasteiger partial charge on any atom is -0.368 e. The minimum absolute atomic E-state index is 0. The van der Waals surface area contributed by atoms with Crippen molar-refractivity contribution in [3.8, 4) is 0 Å². The second kappa shape index (κ2) is 34.2. The molecule has 0 atom stereocenters. The SMILES string of the molecule is CC(O)O.CC(O)O.CC(O)O.CC(O)O.[Rh].[Rh].c1ccc([PH+](c2ccccc2)c2ccccc2)cc1.c1ccc([PH+](c2ccccc2)c2ccccc2)cc1. The maximum Gasteiger partial charge on any atom is 0.148 e. The Morgan fingerprint density at radius 3 is 0.429 bits per heavy atom. The Labute approximate surface area is 360 Å². The van der Waals surface area contributed by atoms with E-state index in [0.29, 0.717) is 0 Å². The van der Waals surface area contributed by atoms with Gasteiger partial charge in [0.1, 0.15) is 57.0 Å². The Morgan fingerprint density at radius 2 is 0.339 bits per heavy atom. The molecular formula is C44H56O8P2Rh2+2. The molecule has 8 nitrogen and oxygen atoms in total. The van der Waals surface area contributed by atoms with E-state index in [4.69, 9.17) is 40.9 Å². The second-order valence-electron chi connectivity index (χ2n) is 11.5. The minimum atomic E-state index is -1.17. The van der Waals surface area contributed by atoms with Gasteiger partial charge in [-0.2, -0.15) is 0 Å². The molecule has 6 rings (SSSR count). The average Bonchev–Trinajstić information content (AvgIpc) is 3.14. The molecule has 56 heavy (non-hydrogen) atoms. The molecular weight excluding hydrogens is 924 g/mol. The number of benzene rings is 6. The first kappa shape index (κ1) is 55.2. The van der Waals surface area contributed by atoms with Crippen molar-refractivity contribution >= 4 is 47.7 Å². The van der Waals surface area contributed by atoms with Crippen molar-refractivity contribution in [3.05, 3.63) is 182 Å². The summed E-state index contributed by atoms with van der Waals surface area (Å²) in [5, 5.41) is 69.5. The van der Waals surface area contributed by atoms with Gasteiger partial charge >= 0.3 is 0 Å². The van der Waals surface area contributed by atoms with E-state index < -0.39 is 41.0 Å². The molecule has 0 unspecified atom stereocenters. The molecule has 0 amide bonds. The summed E-state index contributed by atoms with van der Waals surface area (Å²) in [6.07, 6.45) is -4.67. The summed E-state index contributed by atoms with van der Waals surface area (Å²) in [4.78, 5) is 0. The fourth-order valence-corrected chi connectivity index (χ4v) is 9.78. The van der Waals surface area contributed by atoms with Crippen molar-refractivity contribution in [2.75, 3.05) is 0 Å². The van der Waals surface area contributed by atoms with Gasteiger partial charge in [-0.15, -0.1) is 0 Å². The van der Waals surface area contributed by atoms with Gasteiger partial charge in [-0.25, -0.2) is 0 Å². The molecule has 0 saturated carbocycles. The normalized spacial score (nSPS) is 9.75. The van der Waals surface area contributed by atoms with Gasteiger partial charge in [0.25, 0.3) is 0 Å². The molecule has 6 aromatic rings. The molecule has 306 valence electrons. The molecule has 12 heteroatoms. The molecule has 2 radical (unpaired) electrons. The van der Waals surface area contributed by atoms with Crippen LogP contribution in [0.4, 0.5) is 0 Å². The average molecular weight is 981 g/mol. The Bertz CT molecular complexity index is 1370. The Morgan fingerprint density at radius 1 is 0.250 bits per heavy atom. The zero-order valence-electron chi connectivity index (χ0n) is 31.9. The zero-order valence-corrected chi connectivity index (χ0v) is 37.2. The Hall–Kier alpha value is -2.89. The number of aliphatic hydroxyl groups is 8. The Balaban J connectivity index is 0. The van der Waals surface area contributed by atoms with Crippen molar-refractivity contribution in [1.29, 1.82) is 0 Å². The number of hydrogen-bond acceptors (Lipinski definition) is 8. The third kappa shape index (κ3) is 26.9. The van der Waals surface area contributed by atoms with Gasteiger partial charge in [0, 0.05) is 39.0 Å². The number of aliphatic hydroxyl groups excluding tert-OH is 4. The summed E-state index contributed by atoms with van der Waals surface area (Å²) in [5.74, 6) is 0. The van der Waals surface area contributed by atoms with Crippen LogP contribution in [0.15, 0.2) is 182 Å². The van der Waals surface area contributed by atoms with E-state index in [1.807, 2.05) is 0 Å². The predicted molar refractivity (Wildman–Crippen MR) is 229 cm³/mol. The Kier molecular flexibility index (Phi) is 33.7. The smallest absolute Gasteiger partial charge is 0.148 e. The van der Waals surface area contributed by atoms with E-state index in [0.717, 1.165) is 0 Å². The van der Waals surface area contributed by atoms with Crippen LogP contribution in [0, 0.1) is 0 Å². The molecule has 0 saturated heterocycles. The summed E-state index contributed by atoms with van der Waals surface area (Å²) < 4.78 is 0. The maximum absolute atomic E-state index is 7.61. The van der Waals surface area contributed by atoms with Crippen molar-refractivity contribution in [2.24, 2.45) is 0 Å². The van der Waals surface area contributed by atoms with Crippen LogP contribution in [-0.4, -0.2) is 66.0 Å². The molecule has 0 heterocycles. The number of hydrogen-bond donors (Lipinski definition) is 8. The summed E-state index contributed by atoms with van der Waals surface area (Å²) in [6, 6.07) is 65.0. The molecule has 0 aliphatic heterocycles. The van der Waals surface area contributed by atoms with Crippen LogP contribution in [0.3, 0.4) is 0 Å². The first-order valence-corrected chi connectivity index (χ1v) is 20.3. The molecule has 0 fully saturated rings. The van der Waals surface area contributed by atoms with Crippen molar-refractivity contribution in [2.45, 2.75) is 52.9 Å². The van der Waals surface area contributed by atoms with Gasteiger partial charge < -0.3 is 40.9 Å². The van der Waals surface area contributed by atoms with Crippen LogP contribution in [0.25, 0.3) is 0 Å². The summed E-state index contributed by atoms with van der Waals surface area (Å²) in [6.45, 7) is 5.11. The second-order valence-corrected chi connectivity index (χ2v) is 16.4. The van der Waals surface area contributed by atoms with Crippen molar-refractivity contribution in [3.63, 3.8) is 0 Å². The van der Waals surface area contributed by atoms with Gasteiger partial charge in [0.2, 0.25) is 0 Å². The van der Waals surface area contributed by atoms with Gasteiger partial charge in [0.15, 0.2) is 0 Å². The molecule has 0 aromatic heterocycles. The standard InChI is InChI=1S/2C18H15P.4C2H6O2.2Rh/c2*1-4-10-16(11-5-1)19(17-12-6-2-7-13-17)18-14-8-3-9-15-18;4*1-2(3)4;;/h2*1-15H;4*2-4H,1H3;;/p+2. The maximum atomic E-state index is 7.61. The van der Waals surface area contributed by atoms with E-state index in [2.05, 4.69) is 182 Å². The zero-order chi connectivity index (χ0) is 40.1. The van der Waals surface area contributed by atoms with Crippen LogP contribution < -0.4 is 31.8 Å². The quantitative estimate of drug-likeness (QED) is 0.0715. The third-order valence-corrected chi connectivity index (χ3v) is 11.8. The van der Waals surface area contributed by atoms with Crippen LogP contribution >= 0.6 is 15.8 Å². The third-order valence-electron chi connectivity index (χ3n) is 6.37. The van der Waals surface area contributed by atoms with Crippen molar-refractivity contribution in [1.82, 2.24) is 0 Å². The number of rotatable bonds is 6. The van der Waals surface area contributed by atoms with E-state index in [-0.39, 0.29) is 39.0 Å². The van der Waals surface area contributed by atoms with Crippen LogP contribution in [0.1, 0.15) is 27.7 Å². The molecule has 0 aliphatic rings. The first-order chi connectivity index (χ1) is 25.8. The van der Waals surface area contributed by atoms with Gasteiger partial charge in [0.05, 0.1) is 15.8 Å². The van der Waals surface area contributed by atoms with E-state index in [1.165, 1.54) is 59.5 Å². The molecule has 8 N–H and O–H groups in total. The predicted octanol–water partition coefficient (Wildman–Crippen LogP) is 3.62. The monoisotopic (exact) mass is 980 g/mol.